The molecule has 5 rings (SSSR count). The molecule has 0 radical (unpaired) electrons. The van der Waals surface area contributed by atoms with Crippen LogP contribution in [-0.4, -0.2) is 43.6 Å². The summed E-state index contributed by atoms with van der Waals surface area (Å²) in [5.41, 5.74) is 5.54. The zero-order valence-electron chi connectivity index (χ0n) is 21.8. The minimum absolute atomic E-state index is 0.157. The number of amides is 1. The first-order chi connectivity index (χ1) is 18.0. The molecular weight excluding hydrogens is 460 g/mol. The summed E-state index contributed by atoms with van der Waals surface area (Å²) in [6, 6.07) is 22.5. The summed E-state index contributed by atoms with van der Waals surface area (Å²) in [6.45, 7) is 9.83. The van der Waals surface area contributed by atoms with Crippen LogP contribution >= 0.6 is 0 Å². The molecule has 2 aromatic heterocycles. The molecule has 7 nitrogen and oxygen atoms in total. The van der Waals surface area contributed by atoms with E-state index in [-0.39, 0.29) is 17.9 Å². The van der Waals surface area contributed by atoms with Crippen molar-refractivity contribution in [1.29, 1.82) is 0 Å². The quantitative estimate of drug-likeness (QED) is 0.398. The van der Waals surface area contributed by atoms with Crippen LogP contribution in [0.4, 0.5) is 0 Å². The Kier molecular flexibility index (Phi) is 7.42. The molecular formula is C30H34N6O. The highest BCUT2D eigenvalue weighted by Gasteiger charge is 2.28. The molecule has 37 heavy (non-hydrogen) atoms. The Balaban J connectivity index is 1.29. The van der Waals surface area contributed by atoms with Gasteiger partial charge in [0.1, 0.15) is 11.5 Å². The summed E-state index contributed by atoms with van der Waals surface area (Å²) in [5.74, 6) is 1.76. The standard InChI is InChI=1S/C30H34N6O/c1-21(2)28(32-30(37)26-13-6-7-15-31-26)29-34-33-27-14-16-35(17-18-36(27)29)20-23-10-8-11-24(19-23)25-12-5-4-9-22(25)3/h4-13,15,19,21,28H,14,16-18,20H2,1-3H3,(H,32,37)/t28-/m0/s1. The lowest BCUT2D eigenvalue weighted by Gasteiger charge is -2.23. The number of carbonyl (C=O) groups is 1. The highest BCUT2D eigenvalue weighted by molar-refractivity contribution is 5.92. The fraction of sp³-hybridized carbons (Fsp3) is 0.333. The predicted octanol–water partition coefficient (Wildman–Crippen LogP) is 4.83. The number of rotatable bonds is 7. The molecule has 2 aromatic carbocycles. The lowest BCUT2D eigenvalue weighted by molar-refractivity contribution is 0.0916. The topological polar surface area (TPSA) is 75.9 Å². The molecule has 1 aliphatic rings. The van der Waals surface area contributed by atoms with E-state index in [2.05, 4.69) is 99.3 Å². The van der Waals surface area contributed by atoms with Gasteiger partial charge in [-0.3, -0.25) is 14.7 Å². The number of pyridine rings is 1. The van der Waals surface area contributed by atoms with Crippen LogP contribution < -0.4 is 5.32 Å². The van der Waals surface area contributed by atoms with Crippen molar-refractivity contribution in [2.24, 2.45) is 5.92 Å². The van der Waals surface area contributed by atoms with Crippen molar-refractivity contribution >= 4 is 5.91 Å². The number of nitrogens with zero attached hydrogens (tertiary/aromatic N) is 5. The second-order valence-electron chi connectivity index (χ2n) is 10.1. The predicted molar refractivity (Wildman–Crippen MR) is 145 cm³/mol. The number of benzene rings is 2. The number of hydrogen-bond acceptors (Lipinski definition) is 5. The molecule has 0 unspecified atom stereocenters. The maximum absolute atomic E-state index is 12.9. The Hall–Kier alpha value is -3.84. The molecule has 7 heteroatoms. The molecule has 1 N–H and O–H groups in total. The first-order valence-corrected chi connectivity index (χ1v) is 13.0. The van der Waals surface area contributed by atoms with Gasteiger partial charge >= 0.3 is 0 Å². The lowest BCUT2D eigenvalue weighted by atomic mass is 9.99. The molecule has 1 aliphatic heterocycles. The van der Waals surface area contributed by atoms with Crippen LogP contribution in [0.3, 0.4) is 0 Å². The molecule has 0 bridgehead atoms. The number of hydrogen-bond donors (Lipinski definition) is 1. The summed E-state index contributed by atoms with van der Waals surface area (Å²) < 4.78 is 2.20. The Bertz CT molecular complexity index is 1360. The van der Waals surface area contributed by atoms with Crippen LogP contribution in [-0.2, 0) is 19.5 Å². The number of aryl methyl sites for hydroxylation is 1. The van der Waals surface area contributed by atoms with E-state index in [4.69, 9.17) is 0 Å². The van der Waals surface area contributed by atoms with Gasteiger partial charge in [-0.25, -0.2) is 0 Å². The summed E-state index contributed by atoms with van der Waals surface area (Å²) in [5, 5.41) is 12.2. The molecule has 0 saturated carbocycles. The second kappa shape index (κ2) is 11.0. The average Bonchev–Trinajstić information content (AvgIpc) is 3.21. The highest BCUT2D eigenvalue weighted by atomic mass is 16.2. The van der Waals surface area contributed by atoms with E-state index in [9.17, 15) is 4.79 Å². The first kappa shape index (κ1) is 24.8. The summed E-state index contributed by atoms with van der Waals surface area (Å²) >= 11 is 0. The Morgan fingerprint density at radius 3 is 2.59 bits per heavy atom. The van der Waals surface area contributed by atoms with Crippen molar-refractivity contribution in [1.82, 2.24) is 30.0 Å². The Labute approximate surface area is 218 Å². The lowest BCUT2D eigenvalue weighted by Crippen LogP contribution is -2.34. The van der Waals surface area contributed by atoms with Gasteiger partial charge in [-0.15, -0.1) is 10.2 Å². The van der Waals surface area contributed by atoms with Crippen molar-refractivity contribution in [2.75, 3.05) is 13.1 Å². The summed E-state index contributed by atoms with van der Waals surface area (Å²) in [7, 11) is 0. The van der Waals surface area contributed by atoms with E-state index in [1.54, 1.807) is 18.3 Å². The van der Waals surface area contributed by atoms with Crippen LogP contribution in [0.1, 0.15) is 53.2 Å². The van der Waals surface area contributed by atoms with E-state index in [1.807, 2.05) is 6.07 Å². The molecule has 190 valence electrons. The molecule has 3 heterocycles. The van der Waals surface area contributed by atoms with Gasteiger partial charge in [0, 0.05) is 38.8 Å². The van der Waals surface area contributed by atoms with Crippen LogP contribution in [0.2, 0.25) is 0 Å². The molecule has 0 fully saturated rings. The van der Waals surface area contributed by atoms with Gasteiger partial charge in [0.05, 0.1) is 6.04 Å². The molecule has 0 saturated heterocycles. The van der Waals surface area contributed by atoms with Gasteiger partial charge in [0.15, 0.2) is 5.82 Å². The van der Waals surface area contributed by atoms with Gasteiger partial charge in [-0.05, 0) is 53.3 Å². The molecule has 4 aromatic rings. The summed E-state index contributed by atoms with van der Waals surface area (Å²) in [6.07, 6.45) is 2.46. The maximum Gasteiger partial charge on any atom is 0.270 e. The van der Waals surface area contributed by atoms with Gasteiger partial charge in [-0.2, -0.15) is 0 Å². The van der Waals surface area contributed by atoms with Gasteiger partial charge in [0.2, 0.25) is 0 Å². The number of nitrogens with one attached hydrogen (secondary N) is 1. The molecule has 1 amide bonds. The third-order valence-corrected chi connectivity index (χ3v) is 7.07. The van der Waals surface area contributed by atoms with Crippen LogP contribution in [0.15, 0.2) is 72.9 Å². The zero-order chi connectivity index (χ0) is 25.8. The number of aromatic nitrogens is 4. The Morgan fingerprint density at radius 2 is 1.81 bits per heavy atom. The van der Waals surface area contributed by atoms with E-state index >= 15 is 0 Å². The normalized spacial score (nSPS) is 14.7. The van der Waals surface area contributed by atoms with Crippen LogP contribution in [0.25, 0.3) is 11.1 Å². The number of fused-ring (bicyclic) bond motifs is 1. The van der Waals surface area contributed by atoms with Gasteiger partial charge in [-0.1, -0.05) is 62.4 Å². The van der Waals surface area contributed by atoms with E-state index in [1.165, 1.54) is 22.3 Å². The number of carbonyl (C=O) groups excluding carboxylic acids is 1. The fourth-order valence-corrected chi connectivity index (χ4v) is 5.01. The van der Waals surface area contributed by atoms with Gasteiger partial charge < -0.3 is 9.88 Å². The van der Waals surface area contributed by atoms with E-state index < -0.39 is 0 Å². The van der Waals surface area contributed by atoms with E-state index in [0.717, 1.165) is 44.2 Å². The van der Waals surface area contributed by atoms with Crippen molar-refractivity contribution in [3.05, 3.63) is 101 Å². The van der Waals surface area contributed by atoms with Crippen molar-refractivity contribution in [3.8, 4) is 11.1 Å². The van der Waals surface area contributed by atoms with Crippen LogP contribution in [0.5, 0.6) is 0 Å². The zero-order valence-corrected chi connectivity index (χ0v) is 21.8. The fourth-order valence-electron chi connectivity index (χ4n) is 5.01. The van der Waals surface area contributed by atoms with E-state index in [0.29, 0.717) is 5.69 Å². The third kappa shape index (κ3) is 5.62. The third-order valence-electron chi connectivity index (χ3n) is 7.07. The first-order valence-electron chi connectivity index (χ1n) is 13.0. The van der Waals surface area contributed by atoms with Crippen molar-refractivity contribution in [3.63, 3.8) is 0 Å². The average molecular weight is 495 g/mol. The van der Waals surface area contributed by atoms with Crippen molar-refractivity contribution in [2.45, 2.75) is 46.3 Å². The smallest absolute Gasteiger partial charge is 0.270 e. The largest absolute Gasteiger partial charge is 0.340 e. The summed E-state index contributed by atoms with van der Waals surface area (Å²) in [4.78, 5) is 19.5. The molecule has 0 aliphatic carbocycles. The Morgan fingerprint density at radius 1 is 0.973 bits per heavy atom. The van der Waals surface area contributed by atoms with Crippen LogP contribution in [0, 0.1) is 12.8 Å². The van der Waals surface area contributed by atoms with Gasteiger partial charge in [0.25, 0.3) is 5.91 Å². The minimum atomic E-state index is -0.243. The highest BCUT2D eigenvalue weighted by Crippen LogP contribution is 2.26. The second-order valence-corrected chi connectivity index (χ2v) is 10.1. The SMILES string of the molecule is Cc1ccccc1-c1cccc(CN2CCc3nnc([C@@H](NC(=O)c4ccccn4)C(C)C)n3CC2)c1. The minimum Gasteiger partial charge on any atom is -0.340 e. The molecule has 1 atom stereocenters. The monoisotopic (exact) mass is 494 g/mol. The molecule has 0 spiro atoms. The maximum atomic E-state index is 12.9. The van der Waals surface area contributed by atoms with Crippen molar-refractivity contribution < 1.29 is 4.79 Å².